The molecular formula is C12H11ClN2O3. The highest BCUT2D eigenvalue weighted by atomic mass is 35.5. The predicted octanol–water partition coefficient (Wildman–Crippen LogP) is 1.42. The summed E-state index contributed by atoms with van der Waals surface area (Å²) in [5.41, 5.74) is 0.991. The summed E-state index contributed by atoms with van der Waals surface area (Å²) in [6.45, 7) is -0.374. The molecule has 1 heterocycles. The maximum atomic E-state index is 11.6. The Labute approximate surface area is 109 Å². The third-order valence-corrected chi connectivity index (χ3v) is 2.25. The fraction of sp³-hybridized carbons (Fsp3) is 0.0833. The maximum absolute atomic E-state index is 11.6. The van der Waals surface area contributed by atoms with Crippen molar-refractivity contribution in [1.29, 1.82) is 0 Å². The molecule has 0 spiro atoms. The van der Waals surface area contributed by atoms with Crippen molar-refractivity contribution in [2.24, 2.45) is 0 Å². The van der Waals surface area contributed by atoms with Crippen LogP contribution in [0.1, 0.15) is 0 Å². The number of carboxylic acid groups (broad SMARTS) is 1. The van der Waals surface area contributed by atoms with Crippen molar-refractivity contribution in [3.8, 4) is 11.3 Å². The van der Waals surface area contributed by atoms with Gasteiger partial charge in [0.25, 0.3) is 5.56 Å². The summed E-state index contributed by atoms with van der Waals surface area (Å²) in [6.07, 6.45) is 1.25. The molecule has 0 radical (unpaired) electrons. The van der Waals surface area contributed by atoms with E-state index in [4.69, 9.17) is 5.11 Å². The minimum atomic E-state index is -1.07. The number of aromatic nitrogens is 2. The molecular weight excluding hydrogens is 256 g/mol. The van der Waals surface area contributed by atoms with Crippen LogP contribution in [0.5, 0.6) is 0 Å². The molecule has 0 unspecified atom stereocenters. The lowest BCUT2D eigenvalue weighted by atomic mass is 10.1. The van der Waals surface area contributed by atoms with Crippen molar-refractivity contribution in [2.45, 2.75) is 6.54 Å². The van der Waals surface area contributed by atoms with Gasteiger partial charge in [-0.3, -0.25) is 14.2 Å². The third kappa shape index (κ3) is 3.18. The zero-order chi connectivity index (χ0) is 12.3. The summed E-state index contributed by atoms with van der Waals surface area (Å²) < 4.78 is 1.05. The number of aliphatic carboxylic acids is 1. The number of hydrogen-bond acceptors (Lipinski definition) is 3. The van der Waals surface area contributed by atoms with Crippen LogP contribution in [-0.4, -0.2) is 20.6 Å². The molecule has 2 aromatic rings. The number of hydrogen-bond donors (Lipinski definition) is 1. The summed E-state index contributed by atoms with van der Waals surface area (Å²) in [7, 11) is 0. The lowest BCUT2D eigenvalue weighted by Crippen LogP contribution is -2.23. The zero-order valence-corrected chi connectivity index (χ0v) is 10.1. The van der Waals surface area contributed by atoms with Gasteiger partial charge in [-0.15, -0.1) is 12.4 Å². The Morgan fingerprint density at radius 2 is 1.94 bits per heavy atom. The average Bonchev–Trinajstić information content (AvgIpc) is 2.32. The van der Waals surface area contributed by atoms with Crippen molar-refractivity contribution in [3.05, 3.63) is 53.1 Å². The van der Waals surface area contributed by atoms with Crippen molar-refractivity contribution >= 4 is 18.4 Å². The highest BCUT2D eigenvalue weighted by Crippen LogP contribution is 2.13. The molecule has 5 nitrogen and oxygen atoms in total. The first-order chi connectivity index (χ1) is 8.16. The van der Waals surface area contributed by atoms with E-state index in [1.165, 1.54) is 12.4 Å². The van der Waals surface area contributed by atoms with E-state index in [0.717, 1.165) is 10.1 Å². The van der Waals surface area contributed by atoms with Crippen molar-refractivity contribution in [3.63, 3.8) is 0 Å². The van der Waals surface area contributed by atoms with Gasteiger partial charge in [-0.25, -0.2) is 4.98 Å². The fourth-order valence-corrected chi connectivity index (χ4v) is 1.46. The molecule has 1 N–H and O–H groups in total. The molecule has 0 saturated carbocycles. The molecule has 18 heavy (non-hydrogen) atoms. The number of nitrogens with zero attached hydrogens (tertiary/aromatic N) is 2. The number of halogens is 1. The Hall–Kier alpha value is -2.14. The highest BCUT2D eigenvalue weighted by Gasteiger charge is 2.04. The quantitative estimate of drug-likeness (QED) is 0.912. The third-order valence-electron chi connectivity index (χ3n) is 2.25. The van der Waals surface area contributed by atoms with Gasteiger partial charge >= 0.3 is 5.97 Å². The molecule has 1 aromatic carbocycles. The molecule has 0 aliphatic heterocycles. The van der Waals surface area contributed by atoms with Gasteiger partial charge in [0.05, 0.1) is 12.0 Å². The van der Waals surface area contributed by atoms with E-state index in [2.05, 4.69) is 4.98 Å². The SMILES string of the molecule is Cl.O=C(O)Cn1cnc(-c2ccccc2)cc1=O. The van der Waals surface area contributed by atoms with E-state index in [1.54, 1.807) is 0 Å². The van der Waals surface area contributed by atoms with Crippen LogP contribution >= 0.6 is 12.4 Å². The van der Waals surface area contributed by atoms with Gasteiger partial charge < -0.3 is 5.11 Å². The Morgan fingerprint density at radius 1 is 1.28 bits per heavy atom. The van der Waals surface area contributed by atoms with Crippen molar-refractivity contribution in [2.75, 3.05) is 0 Å². The maximum Gasteiger partial charge on any atom is 0.323 e. The molecule has 0 atom stereocenters. The Kier molecular flexibility index (Phi) is 4.62. The lowest BCUT2D eigenvalue weighted by molar-refractivity contribution is -0.137. The molecule has 0 amide bonds. The van der Waals surface area contributed by atoms with E-state index < -0.39 is 5.97 Å². The second-order valence-corrected chi connectivity index (χ2v) is 3.50. The lowest BCUT2D eigenvalue weighted by Gasteiger charge is -2.03. The second kappa shape index (κ2) is 5.97. The molecule has 0 bridgehead atoms. The van der Waals surface area contributed by atoms with E-state index in [9.17, 15) is 9.59 Å². The van der Waals surface area contributed by atoms with Crippen LogP contribution in [0.25, 0.3) is 11.3 Å². The number of carbonyl (C=O) groups is 1. The summed E-state index contributed by atoms with van der Waals surface area (Å²) in [5.74, 6) is -1.07. The van der Waals surface area contributed by atoms with Crippen LogP contribution in [0.15, 0.2) is 47.5 Å². The van der Waals surface area contributed by atoms with Gasteiger partial charge in [-0.05, 0) is 0 Å². The molecule has 2 rings (SSSR count). The van der Waals surface area contributed by atoms with Crippen LogP contribution in [0.3, 0.4) is 0 Å². The molecule has 0 aliphatic rings. The number of rotatable bonds is 3. The zero-order valence-electron chi connectivity index (χ0n) is 9.31. The minimum Gasteiger partial charge on any atom is -0.480 e. The normalized spacial score (nSPS) is 9.56. The summed E-state index contributed by atoms with van der Waals surface area (Å²) in [5, 5.41) is 8.59. The van der Waals surface area contributed by atoms with Crippen LogP contribution in [0, 0.1) is 0 Å². The van der Waals surface area contributed by atoms with Gasteiger partial charge in [0.2, 0.25) is 0 Å². The van der Waals surface area contributed by atoms with Crippen LogP contribution in [0.4, 0.5) is 0 Å². The van der Waals surface area contributed by atoms with Gasteiger partial charge in [0, 0.05) is 11.6 Å². The first-order valence-corrected chi connectivity index (χ1v) is 5.00. The van der Waals surface area contributed by atoms with Crippen LogP contribution in [0.2, 0.25) is 0 Å². The minimum absolute atomic E-state index is 0. The molecule has 1 aromatic heterocycles. The average molecular weight is 267 g/mol. The van der Waals surface area contributed by atoms with Gasteiger partial charge in [0.15, 0.2) is 0 Å². The summed E-state index contributed by atoms with van der Waals surface area (Å²) in [6, 6.07) is 10.6. The van der Waals surface area contributed by atoms with Gasteiger partial charge in [0.1, 0.15) is 6.54 Å². The Morgan fingerprint density at radius 3 is 2.50 bits per heavy atom. The Balaban J connectivity index is 0.00000162. The van der Waals surface area contributed by atoms with Crippen LogP contribution < -0.4 is 5.56 Å². The Bertz CT molecular complexity index is 596. The number of benzene rings is 1. The van der Waals surface area contributed by atoms with E-state index in [1.807, 2.05) is 30.3 Å². The van der Waals surface area contributed by atoms with E-state index >= 15 is 0 Å². The van der Waals surface area contributed by atoms with Crippen LogP contribution in [-0.2, 0) is 11.3 Å². The van der Waals surface area contributed by atoms with E-state index in [0.29, 0.717) is 5.69 Å². The predicted molar refractivity (Wildman–Crippen MR) is 68.8 cm³/mol. The van der Waals surface area contributed by atoms with E-state index in [-0.39, 0.29) is 24.5 Å². The topological polar surface area (TPSA) is 72.2 Å². The first kappa shape index (κ1) is 13.9. The highest BCUT2D eigenvalue weighted by molar-refractivity contribution is 5.85. The molecule has 0 saturated heterocycles. The van der Waals surface area contributed by atoms with Crippen molar-refractivity contribution in [1.82, 2.24) is 9.55 Å². The molecule has 94 valence electrons. The summed E-state index contributed by atoms with van der Waals surface area (Å²) >= 11 is 0. The van der Waals surface area contributed by atoms with Crippen molar-refractivity contribution < 1.29 is 9.90 Å². The monoisotopic (exact) mass is 266 g/mol. The largest absolute Gasteiger partial charge is 0.480 e. The standard InChI is InChI=1S/C12H10N2O3.ClH/c15-11-6-10(9-4-2-1-3-5-9)13-8-14(11)7-12(16)17;/h1-6,8H,7H2,(H,16,17);1H. The summed E-state index contributed by atoms with van der Waals surface area (Å²) in [4.78, 5) is 26.2. The number of carboxylic acids is 1. The molecule has 0 fully saturated rings. The molecule has 6 heteroatoms. The second-order valence-electron chi connectivity index (χ2n) is 3.50. The molecule has 0 aliphatic carbocycles. The van der Waals surface area contributed by atoms with Gasteiger partial charge in [-0.2, -0.15) is 0 Å². The van der Waals surface area contributed by atoms with Gasteiger partial charge in [-0.1, -0.05) is 30.3 Å². The fourth-order valence-electron chi connectivity index (χ4n) is 1.46. The smallest absolute Gasteiger partial charge is 0.323 e. The first-order valence-electron chi connectivity index (χ1n) is 5.00.